The van der Waals surface area contributed by atoms with Crippen LogP contribution in [0.4, 0.5) is 5.69 Å². The van der Waals surface area contributed by atoms with Crippen molar-refractivity contribution >= 4 is 58.4 Å². The largest absolute Gasteiger partial charge is 0.402 e. The number of esters is 1. The Kier molecular flexibility index (Phi) is 4.76. The van der Waals surface area contributed by atoms with E-state index >= 15 is 0 Å². The number of cyclic esters (lactones) is 1. The first-order chi connectivity index (χ1) is 11.8. The Labute approximate surface area is 156 Å². The predicted octanol–water partition coefficient (Wildman–Crippen LogP) is 4.90. The number of nitrogens with zero attached hydrogens (tertiary/aromatic N) is 2. The van der Waals surface area contributed by atoms with E-state index in [0.717, 1.165) is 0 Å². The van der Waals surface area contributed by atoms with Crippen LogP contribution >= 0.6 is 34.8 Å². The number of hydrogen-bond acceptors (Lipinski definition) is 5. The number of non-ortho nitro benzene ring substituents is 1. The van der Waals surface area contributed by atoms with Gasteiger partial charge in [-0.1, -0.05) is 40.9 Å². The zero-order valence-corrected chi connectivity index (χ0v) is 14.5. The molecule has 2 aromatic rings. The van der Waals surface area contributed by atoms with Crippen LogP contribution in [0.2, 0.25) is 15.1 Å². The van der Waals surface area contributed by atoms with Crippen LogP contribution < -0.4 is 0 Å². The molecule has 25 heavy (non-hydrogen) atoms. The van der Waals surface area contributed by atoms with Crippen LogP contribution in [0.5, 0.6) is 0 Å². The summed E-state index contributed by atoms with van der Waals surface area (Å²) in [7, 11) is 0. The van der Waals surface area contributed by atoms with Crippen molar-refractivity contribution < 1.29 is 14.5 Å². The van der Waals surface area contributed by atoms with Crippen LogP contribution in [-0.4, -0.2) is 16.8 Å². The highest BCUT2D eigenvalue weighted by molar-refractivity contribution is 6.42. The lowest BCUT2D eigenvalue weighted by Crippen LogP contribution is -2.06. The van der Waals surface area contributed by atoms with E-state index < -0.39 is 10.9 Å². The molecule has 0 N–H and O–H groups in total. The second kappa shape index (κ2) is 6.84. The fourth-order valence-corrected chi connectivity index (χ4v) is 2.58. The highest BCUT2D eigenvalue weighted by Gasteiger charge is 2.27. The molecule has 9 heteroatoms. The van der Waals surface area contributed by atoms with E-state index in [1.54, 1.807) is 18.2 Å². The second-order valence-corrected chi connectivity index (χ2v) is 6.15. The lowest BCUT2D eigenvalue weighted by Gasteiger charge is -2.02. The maximum Gasteiger partial charge on any atom is 0.363 e. The third-order valence-electron chi connectivity index (χ3n) is 3.26. The van der Waals surface area contributed by atoms with E-state index in [9.17, 15) is 14.9 Å². The Morgan fingerprint density at radius 3 is 2.44 bits per heavy atom. The smallest absolute Gasteiger partial charge is 0.363 e. The Hall–Kier alpha value is -2.41. The zero-order chi connectivity index (χ0) is 18.1. The fraction of sp³-hybridized carbons (Fsp3) is 0. The number of carbonyl (C=O) groups is 1. The van der Waals surface area contributed by atoms with Gasteiger partial charge in [-0.25, -0.2) is 9.79 Å². The molecule has 1 aliphatic rings. The van der Waals surface area contributed by atoms with Crippen molar-refractivity contribution in [3.05, 3.63) is 78.4 Å². The van der Waals surface area contributed by atoms with Crippen molar-refractivity contribution in [2.45, 2.75) is 0 Å². The monoisotopic (exact) mass is 396 g/mol. The Balaban J connectivity index is 2.00. The molecule has 0 bridgehead atoms. The van der Waals surface area contributed by atoms with Gasteiger partial charge in [0.05, 0.1) is 25.6 Å². The van der Waals surface area contributed by atoms with Crippen molar-refractivity contribution in [1.29, 1.82) is 0 Å². The minimum Gasteiger partial charge on any atom is -0.402 e. The van der Waals surface area contributed by atoms with E-state index in [1.807, 2.05) is 0 Å². The highest BCUT2D eigenvalue weighted by atomic mass is 35.5. The van der Waals surface area contributed by atoms with Crippen LogP contribution in [0, 0.1) is 10.1 Å². The zero-order valence-electron chi connectivity index (χ0n) is 12.2. The Morgan fingerprint density at radius 1 is 1.04 bits per heavy atom. The molecule has 0 aliphatic carbocycles. The number of aliphatic imine (C=N–C) groups is 1. The van der Waals surface area contributed by atoms with Gasteiger partial charge in [-0.15, -0.1) is 0 Å². The number of hydrogen-bond donors (Lipinski definition) is 0. The molecule has 2 aromatic carbocycles. The molecule has 0 aromatic heterocycles. The first-order valence-electron chi connectivity index (χ1n) is 6.77. The van der Waals surface area contributed by atoms with Gasteiger partial charge in [0.15, 0.2) is 5.70 Å². The third-order valence-corrected chi connectivity index (χ3v) is 4.33. The topological polar surface area (TPSA) is 81.8 Å². The normalized spacial score (nSPS) is 15.2. The number of halogens is 3. The molecule has 0 unspecified atom stereocenters. The van der Waals surface area contributed by atoms with Gasteiger partial charge < -0.3 is 4.74 Å². The van der Waals surface area contributed by atoms with E-state index in [-0.39, 0.29) is 27.9 Å². The Morgan fingerprint density at radius 2 is 1.76 bits per heavy atom. The molecule has 0 atom stereocenters. The number of nitro groups is 1. The number of benzene rings is 2. The van der Waals surface area contributed by atoms with Crippen LogP contribution in [0.1, 0.15) is 11.1 Å². The number of carbonyl (C=O) groups excluding carboxylic acids is 1. The molecule has 3 rings (SSSR count). The molecule has 0 fully saturated rings. The van der Waals surface area contributed by atoms with Gasteiger partial charge in [-0.3, -0.25) is 10.1 Å². The van der Waals surface area contributed by atoms with Crippen molar-refractivity contribution in [2.24, 2.45) is 4.99 Å². The van der Waals surface area contributed by atoms with Crippen LogP contribution in [0.15, 0.2) is 47.1 Å². The Bertz CT molecular complexity index is 970. The molecular formula is C16H7Cl3N2O4. The molecular weight excluding hydrogens is 391 g/mol. The summed E-state index contributed by atoms with van der Waals surface area (Å²) in [4.78, 5) is 26.4. The summed E-state index contributed by atoms with van der Waals surface area (Å²) in [6.07, 6.45) is 1.46. The standard InChI is InChI=1S/C16H7Cl3N2O4/c17-11-4-2-9(21(23)24)7-10(11)15-20-14(16(22)25-15)6-8-1-3-12(18)13(19)5-8/h1-7H/b14-6-. The molecule has 1 aliphatic heterocycles. The molecule has 0 amide bonds. The van der Waals surface area contributed by atoms with Gasteiger partial charge in [-0.2, -0.15) is 0 Å². The van der Waals surface area contributed by atoms with Gasteiger partial charge in [0.2, 0.25) is 5.90 Å². The average Bonchev–Trinajstić information content (AvgIpc) is 2.92. The van der Waals surface area contributed by atoms with Gasteiger partial charge in [0, 0.05) is 12.1 Å². The molecule has 6 nitrogen and oxygen atoms in total. The summed E-state index contributed by atoms with van der Waals surface area (Å²) in [5, 5.41) is 11.8. The van der Waals surface area contributed by atoms with E-state index in [2.05, 4.69) is 4.99 Å². The predicted molar refractivity (Wildman–Crippen MR) is 95.2 cm³/mol. The van der Waals surface area contributed by atoms with E-state index in [4.69, 9.17) is 39.5 Å². The van der Waals surface area contributed by atoms with E-state index in [1.165, 1.54) is 24.3 Å². The summed E-state index contributed by atoms with van der Waals surface area (Å²) < 4.78 is 5.08. The number of nitro benzene ring substituents is 1. The first-order valence-corrected chi connectivity index (χ1v) is 7.90. The van der Waals surface area contributed by atoms with Crippen LogP contribution in [0.3, 0.4) is 0 Å². The average molecular weight is 398 g/mol. The molecule has 0 radical (unpaired) electrons. The lowest BCUT2D eigenvalue weighted by molar-refractivity contribution is -0.384. The van der Waals surface area contributed by atoms with Crippen LogP contribution in [0.25, 0.3) is 6.08 Å². The maximum atomic E-state index is 12.0. The SMILES string of the molecule is O=C1OC(c2cc([N+](=O)[O-])ccc2Cl)=N/C1=C\c1ccc(Cl)c(Cl)c1. The van der Waals surface area contributed by atoms with Crippen molar-refractivity contribution in [3.63, 3.8) is 0 Å². The number of rotatable bonds is 3. The number of ether oxygens (including phenoxy) is 1. The third kappa shape index (κ3) is 3.66. The highest BCUT2D eigenvalue weighted by Crippen LogP contribution is 2.28. The maximum absolute atomic E-state index is 12.0. The van der Waals surface area contributed by atoms with Crippen molar-refractivity contribution in [3.8, 4) is 0 Å². The van der Waals surface area contributed by atoms with Gasteiger partial charge in [0.25, 0.3) is 5.69 Å². The van der Waals surface area contributed by atoms with Gasteiger partial charge >= 0.3 is 5.97 Å². The minimum atomic E-state index is -0.705. The summed E-state index contributed by atoms with van der Waals surface area (Å²) in [6, 6.07) is 8.58. The van der Waals surface area contributed by atoms with Crippen LogP contribution in [-0.2, 0) is 9.53 Å². The second-order valence-electron chi connectivity index (χ2n) is 4.93. The molecule has 0 saturated carbocycles. The van der Waals surface area contributed by atoms with Gasteiger partial charge in [-0.05, 0) is 29.8 Å². The lowest BCUT2D eigenvalue weighted by atomic mass is 10.2. The molecule has 126 valence electrons. The van der Waals surface area contributed by atoms with Crippen molar-refractivity contribution in [1.82, 2.24) is 0 Å². The van der Waals surface area contributed by atoms with Gasteiger partial charge in [0.1, 0.15) is 0 Å². The molecule has 0 saturated heterocycles. The summed E-state index contributed by atoms with van der Waals surface area (Å²) in [6.45, 7) is 0. The summed E-state index contributed by atoms with van der Waals surface area (Å²) in [5.41, 5.74) is 0.564. The summed E-state index contributed by atoms with van der Waals surface area (Å²) in [5.74, 6) is -0.811. The molecule has 1 heterocycles. The minimum absolute atomic E-state index is 0.0101. The fourth-order valence-electron chi connectivity index (χ4n) is 2.08. The first kappa shape index (κ1) is 17.4. The summed E-state index contributed by atoms with van der Waals surface area (Å²) >= 11 is 17.8. The van der Waals surface area contributed by atoms with Crippen molar-refractivity contribution in [2.75, 3.05) is 0 Å². The molecule has 0 spiro atoms. The quantitative estimate of drug-likeness (QED) is 0.319. The van der Waals surface area contributed by atoms with E-state index in [0.29, 0.717) is 15.6 Å².